The highest BCUT2D eigenvalue weighted by atomic mass is 127. The van der Waals surface area contributed by atoms with Gasteiger partial charge in [-0.25, -0.2) is 0 Å². The number of hydrogen-bond donors (Lipinski definition) is 2. The summed E-state index contributed by atoms with van der Waals surface area (Å²) in [5, 5.41) is 13.5. The molecule has 29 heavy (non-hydrogen) atoms. The van der Waals surface area contributed by atoms with Gasteiger partial charge in [-0.3, -0.25) is 14.3 Å². The van der Waals surface area contributed by atoms with Crippen molar-refractivity contribution in [1.29, 1.82) is 0 Å². The van der Waals surface area contributed by atoms with Crippen molar-refractivity contribution in [3.8, 4) is 11.4 Å². The maximum absolute atomic E-state index is 12.1. The third-order valence-corrected chi connectivity index (χ3v) is 5.81. The zero-order chi connectivity index (χ0) is 21.0. The zero-order valence-electron chi connectivity index (χ0n) is 16.3. The van der Waals surface area contributed by atoms with E-state index in [2.05, 4.69) is 48.5 Å². The molecule has 0 aliphatic heterocycles. The fourth-order valence-electron chi connectivity index (χ4n) is 2.61. The summed E-state index contributed by atoms with van der Waals surface area (Å²) in [5.74, 6) is -0.439. The van der Waals surface area contributed by atoms with Gasteiger partial charge in [0.05, 0.1) is 9.26 Å². The maximum atomic E-state index is 12.1. The second kappa shape index (κ2) is 9.16. The van der Waals surface area contributed by atoms with E-state index < -0.39 is 5.91 Å². The Balaban J connectivity index is 1.44. The first-order valence-electron chi connectivity index (χ1n) is 9.00. The van der Waals surface area contributed by atoms with Gasteiger partial charge in [0.25, 0.3) is 0 Å². The molecule has 3 rings (SSSR count). The number of hydrogen-bond acceptors (Lipinski definition) is 6. The van der Waals surface area contributed by atoms with E-state index in [0.29, 0.717) is 5.82 Å². The van der Waals surface area contributed by atoms with Crippen LogP contribution in [0.25, 0.3) is 11.4 Å². The van der Waals surface area contributed by atoms with Crippen LogP contribution in [0.4, 0.5) is 0 Å². The van der Waals surface area contributed by atoms with Crippen molar-refractivity contribution in [3.05, 3.63) is 50.7 Å². The summed E-state index contributed by atoms with van der Waals surface area (Å²) in [6.07, 6.45) is 0. The molecule has 152 valence electrons. The van der Waals surface area contributed by atoms with Gasteiger partial charge in [-0.15, -0.1) is 0 Å². The molecule has 0 saturated heterocycles. The van der Waals surface area contributed by atoms with Crippen LogP contribution >= 0.6 is 22.6 Å². The van der Waals surface area contributed by atoms with Crippen LogP contribution in [0.15, 0.2) is 28.8 Å². The molecule has 0 spiro atoms. The molecule has 0 bridgehead atoms. The Morgan fingerprint density at radius 1 is 1.10 bits per heavy atom. The molecule has 2 heterocycles. The summed E-state index contributed by atoms with van der Waals surface area (Å²) in [6, 6.07) is 7.59. The molecule has 0 aliphatic carbocycles. The molecule has 9 nitrogen and oxygen atoms in total. The molecule has 10 heteroatoms. The average molecular weight is 508 g/mol. The summed E-state index contributed by atoms with van der Waals surface area (Å²) in [6.45, 7) is 6.45. The van der Waals surface area contributed by atoms with Gasteiger partial charge in [0.1, 0.15) is 6.54 Å². The smallest absolute Gasteiger partial charge is 0.316 e. The quantitative estimate of drug-likeness (QED) is 0.373. The van der Waals surface area contributed by atoms with Crippen molar-refractivity contribution in [2.24, 2.45) is 0 Å². The molecule has 0 radical (unpaired) electrons. The molecular formula is C19H21IN6O3. The number of carbonyl (C=O) groups is 2. The van der Waals surface area contributed by atoms with E-state index in [1.54, 1.807) is 4.68 Å². The van der Waals surface area contributed by atoms with Gasteiger partial charge < -0.3 is 15.2 Å². The Morgan fingerprint density at radius 2 is 1.79 bits per heavy atom. The monoisotopic (exact) mass is 508 g/mol. The van der Waals surface area contributed by atoms with Crippen LogP contribution in [0.1, 0.15) is 27.6 Å². The number of amides is 2. The highest BCUT2D eigenvalue weighted by molar-refractivity contribution is 14.1. The second-order valence-corrected chi connectivity index (χ2v) is 7.62. The fourth-order valence-corrected chi connectivity index (χ4v) is 3.00. The lowest BCUT2D eigenvalue weighted by molar-refractivity contribution is -0.121. The minimum atomic E-state index is -0.488. The van der Waals surface area contributed by atoms with Crippen molar-refractivity contribution in [2.75, 3.05) is 13.1 Å². The van der Waals surface area contributed by atoms with Gasteiger partial charge in [-0.2, -0.15) is 10.1 Å². The molecule has 2 N–H and O–H groups in total. The molecule has 0 aliphatic rings. The molecular weight excluding hydrogens is 487 g/mol. The number of halogens is 1. The summed E-state index contributed by atoms with van der Waals surface area (Å²) >= 11 is 2.21. The number of aromatic nitrogens is 4. The summed E-state index contributed by atoms with van der Waals surface area (Å²) < 4.78 is 7.73. The third kappa shape index (κ3) is 5.19. The number of carbonyl (C=O) groups excluding carboxylic acids is 2. The largest absolute Gasteiger partial charge is 0.353 e. The molecule has 0 saturated carbocycles. The van der Waals surface area contributed by atoms with Gasteiger partial charge in [0.15, 0.2) is 0 Å². The van der Waals surface area contributed by atoms with E-state index in [0.717, 1.165) is 26.1 Å². The lowest BCUT2D eigenvalue weighted by atomic mass is 10.1. The second-order valence-electron chi connectivity index (χ2n) is 6.54. The number of benzene rings is 1. The Hall–Kier alpha value is -2.76. The Morgan fingerprint density at radius 3 is 2.45 bits per heavy atom. The summed E-state index contributed by atoms with van der Waals surface area (Å²) in [5.41, 5.74) is 3.73. The molecule has 0 atom stereocenters. The number of rotatable bonds is 7. The zero-order valence-corrected chi connectivity index (χ0v) is 18.5. The highest BCUT2D eigenvalue weighted by Gasteiger charge is 2.16. The van der Waals surface area contributed by atoms with Crippen LogP contribution in [0.3, 0.4) is 0 Å². The van der Waals surface area contributed by atoms with Crippen LogP contribution in [-0.2, 0) is 11.3 Å². The van der Waals surface area contributed by atoms with E-state index in [1.807, 2.05) is 45.0 Å². The first kappa shape index (κ1) is 21.0. The van der Waals surface area contributed by atoms with Gasteiger partial charge in [-0.1, -0.05) is 35.0 Å². The first-order valence-corrected chi connectivity index (χ1v) is 10.1. The maximum Gasteiger partial charge on any atom is 0.316 e. The fraction of sp³-hybridized carbons (Fsp3) is 0.316. The van der Waals surface area contributed by atoms with E-state index in [9.17, 15) is 9.59 Å². The van der Waals surface area contributed by atoms with E-state index in [1.165, 1.54) is 0 Å². The lowest BCUT2D eigenvalue weighted by Crippen LogP contribution is -2.36. The summed E-state index contributed by atoms with van der Waals surface area (Å²) in [7, 11) is 0. The Bertz CT molecular complexity index is 1030. The van der Waals surface area contributed by atoms with Crippen LogP contribution in [0.5, 0.6) is 0 Å². The number of nitrogens with zero attached hydrogens (tertiary/aromatic N) is 4. The highest BCUT2D eigenvalue weighted by Crippen LogP contribution is 2.16. The van der Waals surface area contributed by atoms with Crippen LogP contribution in [0, 0.1) is 24.3 Å². The van der Waals surface area contributed by atoms with E-state index in [-0.39, 0.29) is 31.4 Å². The Labute approximate surface area is 181 Å². The first-order chi connectivity index (χ1) is 13.8. The molecule has 2 aromatic heterocycles. The summed E-state index contributed by atoms with van der Waals surface area (Å²) in [4.78, 5) is 28.3. The SMILES string of the molecule is Cc1ccc(-c2noc(C(=O)NCCNC(=O)Cn3nc(C)c(I)c3C)n2)cc1. The standard InChI is InChI=1S/C19H21IN6O3/c1-11-4-6-14(7-5-11)17-23-19(29-25-17)18(28)22-9-8-21-15(27)10-26-13(3)16(20)12(2)24-26/h4-7H,8-10H2,1-3H3,(H,21,27)(H,22,28). The number of aryl methyl sites for hydroxylation is 2. The minimum absolute atomic E-state index is 0.121. The number of nitrogens with one attached hydrogen (secondary N) is 2. The van der Waals surface area contributed by atoms with Crippen LogP contribution in [-0.4, -0.2) is 44.8 Å². The predicted octanol–water partition coefficient (Wildman–Crippen LogP) is 2.01. The van der Waals surface area contributed by atoms with Gasteiger partial charge >= 0.3 is 11.8 Å². The van der Waals surface area contributed by atoms with Crippen molar-refractivity contribution >= 4 is 34.4 Å². The van der Waals surface area contributed by atoms with Crippen molar-refractivity contribution in [2.45, 2.75) is 27.3 Å². The normalized spacial score (nSPS) is 10.8. The predicted molar refractivity (Wildman–Crippen MR) is 114 cm³/mol. The molecule has 3 aromatic rings. The van der Waals surface area contributed by atoms with Gasteiger partial charge in [-0.05, 0) is 43.4 Å². The van der Waals surface area contributed by atoms with Gasteiger partial charge in [0, 0.05) is 24.3 Å². The minimum Gasteiger partial charge on any atom is -0.353 e. The van der Waals surface area contributed by atoms with Crippen molar-refractivity contribution in [1.82, 2.24) is 30.6 Å². The average Bonchev–Trinajstić information content (AvgIpc) is 3.28. The van der Waals surface area contributed by atoms with Crippen molar-refractivity contribution < 1.29 is 14.1 Å². The van der Waals surface area contributed by atoms with E-state index in [4.69, 9.17) is 4.52 Å². The van der Waals surface area contributed by atoms with Crippen molar-refractivity contribution in [3.63, 3.8) is 0 Å². The molecule has 0 unspecified atom stereocenters. The lowest BCUT2D eigenvalue weighted by Gasteiger charge is -2.07. The topological polar surface area (TPSA) is 115 Å². The molecule has 2 amide bonds. The van der Waals surface area contributed by atoms with Crippen LogP contribution in [0.2, 0.25) is 0 Å². The van der Waals surface area contributed by atoms with Gasteiger partial charge in [0.2, 0.25) is 11.7 Å². The van der Waals surface area contributed by atoms with E-state index >= 15 is 0 Å². The molecule has 1 aromatic carbocycles. The third-order valence-electron chi connectivity index (χ3n) is 4.25. The molecule has 0 fully saturated rings. The Kier molecular flexibility index (Phi) is 6.62. The van der Waals surface area contributed by atoms with Crippen LogP contribution < -0.4 is 10.6 Å².